The van der Waals surface area contributed by atoms with Gasteiger partial charge in [-0.3, -0.25) is 4.79 Å². The second-order valence-corrected chi connectivity index (χ2v) is 5.71. The summed E-state index contributed by atoms with van der Waals surface area (Å²) in [4.78, 5) is 23.7. The molecule has 3 aromatic rings. The van der Waals surface area contributed by atoms with Gasteiger partial charge in [-0.05, 0) is 25.1 Å². The van der Waals surface area contributed by atoms with Gasteiger partial charge in [0.25, 0.3) is 0 Å². The van der Waals surface area contributed by atoms with Crippen LogP contribution in [0.25, 0.3) is 16.6 Å². The number of carboxylic acid groups (broad SMARTS) is 1. The third kappa shape index (κ3) is 2.66. The summed E-state index contributed by atoms with van der Waals surface area (Å²) in [5.74, 6) is -4.21. The number of halogens is 4. The molecule has 0 unspecified atom stereocenters. The maximum Gasteiger partial charge on any atom is 0.341 e. The van der Waals surface area contributed by atoms with Crippen LogP contribution in [0.1, 0.15) is 15.9 Å². The van der Waals surface area contributed by atoms with Crippen molar-refractivity contribution in [2.24, 2.45) is 0 Å². The number of carboxylic acids is 1. The zero-order valence-corrected chi connectivity index (χ0v) is 13.4. The van der Waals surface area contributed by atoms with Crippen molar-refractivity contribution in [3.63, 3.8) is 0 Å². The molecule has 8 heteroatoms. The molecule has 128 valence electrons. The van der Waals surface area contributed by atoms with E-state index in [0.29, 0.717) is 6.07 Å². The third-order valence-corrected chi connectivity index (χ3v) is 4.27. The van der Waals surface area contributed by atoms with Gasteiger partial charge in [-0.15, -0.1) is 0 Å². The minimum atomic E-state index is -1.57. The van der Waals surface area contributed by atoms with Crippen LogP contribution in [0.3, 0.4) is 0 Å². The van der Waals surface area contributed by atoms with E-state index in [1.807, 2.05) is 0 Å². The van der Waals surface area contributed by atoms with E-state index in [4.69, 9.17) is 11.6 Å². The molecule has 0 atom stereocenters. The Kier molecular flexibility index (Phi) is 4.04. The molecule has 2 aromatic carbocycles. The maximum absolute atomic E-state index is 14.2. The highest BCUT2D eigenvalue weighted by Crippen LogP contribution is 2.30. The average molecular weight is 368 g/mol. The summed E-state index contributed by atoms with van der Waals surface area (Å²) in [7, 11) is 0. The summed E-state index contributed by atoms with van der Waals surface area (Å²) in [6, 6.07) is 3.48. The van der Waals surface area contributed by atoms with Crippen LogP contribution in [-0.2, 0) is 0 Å². The molecule has 25 heavy (non-hydrogen) atoms. The van der Waals surface area contributed by atoms with Crippen LogP contribution in [-0.4, -0.2) is 15.6 Å². The Bertz CT molecular complexity index is 1110. The predicted molar refractivity (Wildman–Crippen MR) is 86.1 cm³/mol. The van der Waals surface area contributed by atoms with E-state index < -0.39 is 34.4 Å². The number of aromatic carboxylic acids is 1. The van der Waals surface area contributed by atoms with E-state index in [1.54, 1.807) is 0 Å². The van der Waals surface area contributed by atoms with Crippen LogP contribution in [0.2, 0.25) is 5.02 Å². The summed E-state index contributed by atoms with van der Waals surface area (Å²) < 4.78 is 42.4. The molecule has 0 spiro atoms. The van der Waals surface area contributed by atoms with Crippen molar-refractivity contribution in [1.82, 2.24) is 4.57 Å². The lowest BCUT2D eigenvalue weighted by Crippen LogP contribution is -2.19. The quantitative estimate of drug-likeness (QED) is 0.743. The molecule has 0 bridgehead atoms. The zero-order valence-electron chi connectivity index (χ0n) is 12.6. The van der Waals surface area contributed by atoms with Crippen LogP contribution in [0.4, 0.5) is 13.2 Å². The van der Waals surface area contributed by atoms with Crippen molar-refractivity contribution in [2.75, 3.05) is 0 Å². The Morgan fingerprint density at radius 1 is 1.16 bits per heavy atom. The smallest absolute Gasteiger partial charge is 0.341 e. The first-order valence-electron chi connectivity index (χ1n) is 6.95. The number of fused-ring (bicyclic) bond motifs is 1. The molecule has 0 saturated carbocycles. The van der Waals surface area contributed by atoms with E-state index in [-0.39, 0.29) is 27.2 Å². The molecule has 1 aromatic heterocycles. The molecule has 4 nitrogen and oxygen atoms in total. The first-order valence-corrected chi connectivity index (χ1v) is 7.33. The Morgan fingerprint density at radius 2 is 1.84 bits per heavy atom. The monoisotopic (exact) mass is 367 g/mol. The van der Waals surface area contributed by atoms with Gasteiger partial charge in [-0.25, -0.2) is 18.0 Å². The fraction of sp³-hybridized carbons (Fsp3) is 0.0588. The Balaban J connectivity index is 2.57. The minimum Gasteiger partial charge on any atom is -0.477 e. The molecule has 0 radical (unpaired) electrons. The summed E-state index contributed by atoms with van der Waals surface area (Å²) >= 11 is 6.13. The van der Waals surface area contributed by atoms with Gasteiger partial charge >= 0.3 is 5.97 Å². The largest absolute Gasteiger partial charge is 0.477 e. The number of aromatic nitrogens is 1. The van der Waals surface area contributed by atoms with Crippen LogP contribution in [0.5, 0.6) is 0 Å². The highest BCUT2D eigenvalue weighted by molar-refractivity contribution is 6.36. The minimum absolute atomic E-state index is 0.00733. The predicted octanol–water partition coefficient (Wildman–Crippen LogP) is 4.07. The fourth-order valence-corrected chi connectivity index (χ4v) is 2.81. The third-order valence-electron chi connectivity index (χ3n) is 3.81. The molecule has 0 aliphatic heterocycles. The van der Waals surface area contributed by atoms with E-state index in [0.717, 1.165) is 29.0 Å². The lowest BCUT2D eigenvalue weighted by Gasteiger charge is -2.16. The van der Waals surface area contributed by atoms with E-state index in [1.165, 1.54) is 6.92 Å². The summed E-state index contributed by atoms with van der Waals surface area (Å²) in [6.45, 7) is 1.36. The van der Waals surface area contributed by atoms with E-state index in [2.05, 4.69) is 0 Å². The van der Waals surface area contributed by atoms with Gasteiger partial charge in [0, 0.05) is 17.8 Å². The molecule has 0 aliphatic rings. The van der Waals surface area contributed by atoms with Crippen LogP contribution < -0.4 is 5.43 Å². The topological polar surface area (TPSA) is 59.3 Å². The normalized spacial score (nSPS) is 11.1. The first-order chi connectivity index (χ1) is 11.7. The highest BCUT2D eigenvalue weighted by Gasteiger charge is 2.21. The Morgan fingerprint density at radius 3 is 2.44 bits per heavy atom. The number of pyridine rings is 1. The van der Waals surface area contributed by atoms with Gasteiger partial charge in [0.2, 0.25) is 5.43 Å². The van der Waals surface area contributed by atoms with Crippen molar-refractivity contribution in [2.45, 2.75) is 6.92 Å². The number of benzene rings is 2. The lowest BCUT2D eigenvalue weighted by atomic mass is 10.1. The van der Waals surface area contributed by atoms with Gasteiger partial charge in [0.1, 0.15) is 23.0 Å². The molecular formula is C17H9ClF3NO3. The Hall–Kier alpha value is -2.80. The van der Waals surface area contributed by atoms with Crippen molar-refractivity contribution >= 4 is 28.5 Å². The second kappa shape index (κ2) is 5.93. The molecule has 0 fully saturated rings. The van der Waals surface area contributed by atoms with Gasteiger partial charge < -0.3 is 9.67 Å². The van der Waals surface area contributed by atoms with Gasteiger partial charge in [-0.2, -0.15) is 0 Å². The van der Waals surface area contributed by atoms with E-state index in [9.17, 15) is 27.9 Å². The van der Waals surface area contributed by atoms with Crippen LogP contribution >= 0.6 is 11.6 Å². The summed E-state index contributed by atoms with van der Waals surface area (Å²) in [6.07, 6.45) is 0.881. The number of hydrogen-bond donors (Lipinski definition) is 1. The maximum atomic E-state index is 14.2. The summed E-state index contributed by atoms with van der Waals surface area (Å²) in [5, 5.41) is 8.71. The number of carbonyl (C=O) groups is 1. The summed E-state index contributed by atoms with van der Waals surface area (Å²) in [5.41, 5.74) is -1.95. The van der Waals surface area contributed by atoms with Crippen molar-refractivity contribution < 1.29 is 23.1 Å². The highest BCUT2D eigenvalue weighted by atomic mass is 35.5. The van der Waals surface area contributed by atoms with E-state index >= 15 is 0 Å². The zero-order chi connectivity index (χ0) is 18.5. The fourth-order valence-electron chi connectivity index (χ4n) is 2.53. The van der Waals surface area contributed by atoms with Crippen molar-refractivity contribution in [3.8, 4) is 5.69 Å². The molecule has 0 saturated heterocycles. The molecule has 0 aliphatic carbocycles. The van der Waals surface area contributed by atoms with Gasteiger partial charge in [-0.1, -0.05) is 11.6 Å². The molecule has 3 rings (SSSR count). The standard InChI is InChI=1S/C17H9ClF3NO3/c1-7-11(20)5-9-15(14(7)18)22(6-10(16(9)23)17(24)25)13-3-2-8(19)4-12(13)21/h2-6H,1H3,(H,24,25). The first kappa shape index (κ1) is 17.0. The second-order valence-electron chi connectivity index (χ2n) is 5.34. The average Bonchev–Trinajstić information content (AvgIpc) is 2.54. The number of nitrogens with zero attached hydrogens (tertiary/aromatic N) is 1. The van der Waals surface area contributed by atoms with Gasteiger partial charge in [0.15, 0.2) is 0 Å². The molecule has 1 N–H and O–H groups in total. The molecule has 1 heterocycles. The van der Waals surface area contributed by atoms with Crippen LogP contribution in [0, 0.1) is 24.4 Å². The molecular weight excluding hydrogens is 359 g/mol. The lowest BCUT2D eigenvalue weighted by molar-refractivity contribution is 0.0695. The Labute approximate surface area is 143 Å². The van der Waals surface area contributed by atoms with Gasteiger partial charge in [0.05, 0.1) is 21.6 Å². The van der Waals surface area contributed by atoms with Crippen molar-refractivity contribution in [1.29, 1.82) is 0 Å². The number of rotatable bonds is 2. The SMILES string of the molecule is Cc1c(F)cc2c(=O)c(C(=O)O)cn(-c3ccc(F)cc3F)c2c1Cl. The molecule has 0 amide bonds. The van der Waals surface area contributed by atoms with Crippen LogP contribution in [0.15, 0.2) is 35.3 Å². The van der Waals surface area contributed by atoms with Crippen molar-refractivity contribution in [3.05, 3.63) is 74.3 Å². The number of hydrogen-bond acceptors (Lipinski definition) is 2.